The summed E-state index contributed by atoms with van der Waals surface area (Å²) in [4.78, 5) is 12.1. The fourth-order valence-corrected chi connectivity index (χ4v) is 3.44. The molecule has 0 fully saturated rings. The summed E-state index contributed by atoms with van der Waals surface area (Å²) in [6, 6.07) is 8.51. The lowest BCUT2D eigenvalue weighted by Crippen LogP contribution is -2.19. The topological polar surface area (TPSA) is 49.3 Å². The monoisotopic (exact) mass is 359 g/mol. The maximum absolute atomic E-state index is 11.4. The Morgan fingerprint density at radius 2 is 2.21 bits per heavy atom. The first-order valence-electron chi connectivity index (χ1n) is 5.48. The SMILES string of the molecule is Cc1cccc(NC(C(=O)O)c2cc(Br)c(Cl)s2)c1. The van der Waals surface area contributed by atoms with Gasteiger partial charge in [-0.15, -0.1) is 11.3 Å². The van der Waals surface area contributed by atoms with E-state index in [1.807, 2.05) is 31.2 Å². The van der Waals surface area contributed by atoms with Crippen molar-refractivity contribution in [2.24, 2.45) is 0 Å². The fraction of sp³-hybridized carbons (Fsp3) is 0.154. The number of rotatable bonds is 4. The van der Waals surface area contributed by atoms with Crippen LogP contribution >= 0.6 is 38.9 Å². The molecule has 100 valence electrons. The quantitative estimate of drug-likeness (QED) is 0.830. The van der Waals surface area contributed by atoms with Crippen LogP contribution in [0.15, 0.2) is 34.8 Å². The van der Waals surface area contributed by atoms with E-state index in [0.717, 1.165) is 11.3 Å². The Hall–Kier alpha value is -1.04. The van der Waals surface area contributed by atoms with Gasteiger partial charge in [0, 0.05) is 15.0 Å². The smallest absolute Gasteiger partial charge is 0.331 e. The van der Waals surface area contributed by atoms with Gasteiger partial charge in [0.05, 0.1) is 0 Å². The van der Waals surface area contributed by atoms with Gasteiger partial charge in [0.2, 0.25) is 0 Å². The molecule has 1 aromatic heterocycles. The molecular formula is C13H11BrClNO2S. The van der Waals surface area contributed by atoms with Gasteiger partial charge in [0.15, 0.2) is 6.04 Å². The molecule has 1 unspecified atom stereocenters. The number of benzene rings is 1. The third-order valence-electron chi connectivity index (χ3n) is 2.52. The van der Waals surface area contributed by atoms with Crippen molar-refractivity contribution in [3.05, 3.63) is 49.6 Å². The zero-order chi connectivity index (χ0) is 14.0. The molecule has 0 aliphatic rings. The molecule has 0 saturated heterocycles. The summed E-state index contributed by atoms with van der Waals surface area (Å²) < 4.78 is 1.26. The molecule has 0 aliphatic heterocycles. The molecule has 0 aliphatic carbocycles. The van der Waals surface area contributed by atoms with Crippen LogP contribution in [0.2, 0.25) is 4.34 Å². The lowest BCUT2D eigenvalue weighted by Gasteiger charge is -2.14. The predicted molar refractivity (Wildman–Crippen MR) is 82.2 cm³/mol. The average Bonchev–Trinajstić information content (AvgIpc) is 2.66. The molecule has 0 saturated carbocycles. The number of thiophene rings is 1. The van der Waals surface area contributed by atoms with Crippen LogP contribution in [0.5, 0.6) is 0 Å². The van der Waals surface area contributed by atoms with E-state index in [9.17, 15) is 9.90 Å². The summed E-state index contributed by atoms with van der Waals surface area (Å²) in [5.74, 6) is -0.938. The number of carboxylic acids is 1. The van der Waals surface area contributed by atoms with Crippen LogP contribution in [0, 0.1) is 6.92 Å². The Bertz CT molecular complexity index is 595. The normalized spacial score (nSPS) is 12.2. The van der Waals surface area contributed by atoms with Crippen LogP contribution in [0.3, 0.4) is 0 Å². The summed E-state index contributed by atoms with van der Waals surface area (Å²) >= 11 is 10.5. The van der Waals surface area contributed by atoms with Crippen LogP contribution in [0.4, 0.5) is 5.69 Å². The van der Waals surface area contributed by atoms with Crippen molar-refractivity contribution in [3.8, 4) is 0 Å². The van der Waals surface area contributed by atoms with Gasteiger partial charge in [-0.2, -0.15) is 0 Å². The molecule has 2 aromatic rings. The van der Waals surface area contributed by atoms with Gasteiger partial charge in [-0.1, -0.05) is 23.7 Å². The minimum atomic E-state index is -0.938. The standard InChI is InChI=1S/C13H11BrClNO2S/c1-7-3-2-4-8(5-7)16-11(13(17)18)10-6-9(14)12(15)19-10/h2-6,11,16H,1H3,(H,17,18). The molecule has 0 radical (unpaired) electrons. The molecule has 2 rings (SSSR count). The van der Waals surface area contributed by atoms with Crippen LogP contribution in [-0.4, -0.2) is 11.1 Å². The highest BCUT2D eigenvalue weighted by molar-refractivity contribution is 9.10. The second-order valence-corrected chi connectivity index (χ2v) is 6.60. The van der Waals surface area contributed by atoms with E-state index >= 15 is 0 Å². The molecule has 1 atom stereocenters. The van der Waals surface area contributed by atoms with Crippen LogP contribution < -0.4 is 5.32 Å². The van der Waals surface area contributed by atoms with E-state index in [-0.39, 0.29) is 0 Å². The number of nitrogens with one attached hydrogen (secondary N) is 1. The Balaban J connectivity index is 2.29. The number of hydrogen-bond donors (Lipinski definition) is 2. The third-order valence-corrected chi connectivity index (χ3v) is 5.06. The first kappa shape index (κ1) is 14.4. The lowest BCUT2D eigenvalue weighted by molar-refractivity contribution is -0.138. The number of carbonyl (C=O) groups is 1. The van der Waals surface area contributed by atoms with Gasteiger partial charge in [-0.3, -0.25) is 0 Å². The van der Waals surface area contributed by atoms with Gasteiger partial charge in [-0.25, -0.2) is 4.79 Å². The Morgan fingerprint density at radius 3 is 2.74 bits per heavy atom. The van der Waals surface area contributed by atoms with Crippen molar-refractivity contribution in [2.75, 3.05) is 5.32 Å². The number of anilines is 1. The highest BCUT2D eigenvalue weighted by Crippen LogP contribution is 2.36. The minimum absolute atomic E-state index is 0.548. The van der Waals surface area contributed by atoms with Crippen molar-refractivity contribution in [1.82, 2.24) is 0 Å². The maximum Gasteiger partial charge on any atom is 0.331 e. The number of hydrogen-bond acceptors (Lipinski definition) is 3. The second kappa shape index (κ2) is 5.94. The zero-order valence-corrected chi connectivity index (χ0v) is 13.1. The summed E-state index contributed by atoms with van der Waals surface area (Å²) in [5, 5.41) is 12.4. The van der Waals surface area contributed by atoms with Crippen LogP contribution in [0.25, 0.3) is 0 Å². The maximum atomic E-state index is 11.4. The highest BCUT2D eigenvalue weighted by Gasteiger charge is 2.23. The molecule has 3 nitrogen and oxygen atoms in total. The molecular weight excluding hydrogens is 350 g/mol. The third kappa shape index (κ3) is 3.49. The summed E-state index contributed by atoms with van der Waals surface area (Å²) in [7, 11) is 0. The van der Waals surface area contributed by atoms with E-state index in [1.165, 1.54) is 11.3 Å². The van der Waals surface area contributed by atoms with Gasteiger partial charge >= 0.3 is 5.97 Å². The number of aliphatic carboxylic acids is 1. The Labute approximate surface area is 128 Å². The van der Waals surface area contributed by atoms with Crippen molar-refractivity contribution >= 4 is 50.5 Å². The Kier molecular flexibility index (Phi) is 4.50. The molecule has 6 heteroatoms. The molecule has 0 bridgehead atoms. The van der Waals surface area contributed by atoms with Crippen LogP contribution in [0.1, 0.15) is 16.5 Å². The molecule has 19 heavy (non-hydrogen) atoms. The molecule has 1 heterocycles. The number of halogens is 2. The van der Waals surface area contributed by atoms with E-state index in [2.05, 4.69) is 21.2 Å². The molecule has 0 spiro atoms. The summed E-state index contributed by atoms with van der Waals surface area (Å²) in [6.07, 6.45) is 0. The van der Waals surface area contributed by atoms with E-state index in [1.54, 1.807) is 6.07 Å². The fourth-order valence-electron chi connectivity index (χ4n) is 1.66. The van der Waals surface area contributed by atoms with Gasteiger partial charge in [0.25, 0.3) is 0 Å². The predicted octanol–water partition coefficient (Wildman–Crippen LogP) is 4.71. The number of carboxylic acid groups (broad SMARTS) is 1. The van der Waals surface area contributed by atoms with Crippen molar-refractivity contribution in [2.45, 2.75) is 13.0 Å². The minimum Gasteiger partial charge on any atom is -0.479 e. The van der Waals surface area contributed by atoms with Crippen molar-refractivity contribution in [1.29, 1.82) is 0 Å². The van der Waals surface area contributed by atoms with Gasteiger partial charge < -0.3 is 10.4 Å². The van der Waals surface area contributed by atoms with Crippen molar-refractivity contribution in [3.63, 3.8) is 0 Å². The summed E-state index contributed by atoms with van der Waals surface area (Å²) in [6.45, 7) is 1.96. The summed E-state index contributed by atoms with van der Waals surface area (Å²) in [5.41, 5.74) is 1.84. The second-order valence-electron chi connectivity index (χ2n) is 4.06. The first-order chi connectivity index (χ1) is 8.97. The van der Waals surface area contributed by atoms with E-state index in [4.69, 9.17) is 11.6 Å². The first-order valence-corrected chi connectivity index (χ1v) is 7.47. The van der Waals surface area contributed by atoms with Gasteiger partial charge in [-0.05, 0) is 46.6 Å². The number of aryl methyl sites for hydroxylation is 1. The highest BCUT2D eigenvalue weighted by atomic mass is 79.9. The molecule has 1 aromatic carbocycles. The zero-order valence-electron chi connectivity index (χ0n) is 9.98. The van der Waals surface area contributed by atoms with Gasteiger partial charge in [0.1, 0.15) is 4.34 Å². The molecule has 0 amide bonds. The molecule has 2 N–H and O–H groups in total. The van der Waals surface area contributed by atoms with Crippen LogP contribution in [-0.2, 0) is 4.79 Å². The average molecular weight is 361 g/mol. The van der Waals surface area contributed by atoms with E-state index < -0.39 is 12.0 Å². The lowest BCUT2D eigenvalue weighted by atomic mass is 10.2. The van der Waals surface area contributed by atoms with Crippen molar-refractivity contribution < 1.29 is 9.90 Å². The van der Waals surface area contributed by atoms with E-state index in [0.29, 0.717) is 13.7 Å². The largest absolute Gasteiger partial charge is 0.479 e. The Morgan fingerprint density at radius 1 is 1.47 bits per heavy atom.